The minimum absolute atomic E-state index is 0.323. The molecule has 4 N–H and O–H groups in total. The summed E-state index contributed by atoms with van der Waals surface area (Å²) >= 11 is 0. The van der Waals surface area contributed by atoms with Gasteiger partial charge in [0.2, 0.25) is 0 Å². The van der Waals surface area contributed by atoms with Crippen LogP contribution in [0.5, 0.6) is 0 Å². The zero-order valence-corrected chi connectivity index (χ0v) is 14.5. The highest BCUT2D eigenvalue weighted by Gasteiger charge is 2.54. The second kappa shape index (κ2) is 5.58. The Hall–Kier alpha value is -2.34. The first-order chi connectivity index (χ1) is 12.5. The van der Waals surface area contributed by atoms with Crippen LogP contribution >= 0.6 is 0 Å². The number of anilines is 1. The molecule has 2 aromatic heterocycles. The Labute approximate surface area is 151 Å². The van der Waals surface area contributed by atoms with Crippen LogP contribution in [0.15, 0.2) is 24.5 Å². The standard InChI is InChI=1S/C20H23N3O3/c24-16(25)2-1-12-10-22-19-15(3-4-21-19)18(12)23-17-13-5-11-6-14(17)9-20(26,7-11)8-13/h1-4,10-11,13-14,17,26H,5-9H2,(H,24,25)(H2,21,22,23). The van der Waals surface area contributed by atoms with Crippen LogP contribution in [0, 0.1) is 17.8 Å². The number of aliphatic hydroxyl groups is 1. The number of carbonyl (C=O) groups is 1. The highest BCUT2D eigenvalue weighted by Crippen LogP contribution is 2.56. The van der Waals surface area contributed by atoms with Crippen molar-refractivity contribution in [3.05, 3.63) is 30.1 Å². The van der Waals surface area contributed by atoms with Crippen LogP contribution in [0.2, 0.25) is 0 Å². The van der Waals surface area contributed by atoms with Crippen LogP contribution in [0.4, 0.5) is 5.69 Å². The summed E-state index contributed by atoms with van der Waals surface area (Å²) in [5.74, 6) is 0.642. The molecule has 0 amide bonds. The van der Waals surface area contributed by atoms with Gasteiger partial charge in [-0.2, -0.15) is 0 Å². The topological polar surface area (TPSA) is 98.2 Å². The number of pyridine rings is 1. The highest BCUT2D eigenvalue weighted by molar-refractivity contribution is 5.96. The van der Waals surface area contributed by atoms with Gasteiger partial charge in [-0.1, -0.05) is 0 Å². The fourth-order valence-electron chi connectivity index (χ4n) is 5.86. The lowest BCUT2D eigenvalue weighted by Crippen LogP contribution is -2.59. The van der Waals surface area contributed by atoms with Gasteiger partial charge in [-0.05, 0) is 62.0 Å². The van der Waals surface area contributed by atoms with E-state index >= 15 is 0 Å². The Morgan fingerprint density at radius 2 is 2.08 bits per heavy atom. The van der Waals surface area contributed by atoms with Crippen molar-refractivity contribution in [2.75, 3.05) is 5.32 Å². The number of carboxylic acid groups (broad SMARTS) is 1. The molecular formula is C20H23N3O3. The lowest BCUT2D eigenvalue weighted by molar-refractivity contribution is -0.131. The van der Waals surface area contributed by atoms with E-state index in [9.17, 15) is 9.90 Å². The molecule has 0 aromatic carbocycles. The predicted octanol–water partition coefficient (Wildman–Crippen LogP) is 3.01. The molecule has 2 heterocycles. The van der Waals surface area contributed by atoms with E-state index in [1.807, 2.05) is 12.3 Å². The molecular weight excluding hydrogens is 330 g/mol. The average Bonchev–Trinajstić information content (AvgIpc) is 3.04. The van der Waals surface area contributed by atoms with Crippen molar-refractivity contribution in [3.8, 4) is 0 Å². The van der Waals surface area contributed by atoms with Crippen LogP contribution in [0.1, 0.15) is 37.7 Å². The number of rotatable bonds is 4. The molecule has 0 radical (unpaired) electrons. The normalized spacial score (nSPS) is 35.4. The van der Waals surface area contributed by atoms with Crippen LogP contribution in [0.3, 0.4) is 0 Å². The largest absolute Gasteiger partial charge is 0.478 e. The first-order valence-electron chi connectivity index (χ1n) is 9.37. The second-order valence-corrected chi connectivity index (χ2v) is 8.36. The summed E-state index contributed by atoms with van der Waals surface area (Å²) in [6.45, 7) is 0. The van der Waals surface area contributed by atoms with Crippen molar-refractivity contribution in [3.63, 3.8) is 0 Å². The molecule has 6 rings (SSSR count). The van der Waals surface area contributed by atoms with Gasteiger partial charge >= 0.3 is 5.97 Å². The summed E-state index contributed by atoms with van der Waals surface area (Å²) in [7, 11) is 0. The average molecular weight is 353 g/mol. The SMILES string of the molecule is O=C(O)C=Cc1cnc2[nH]ccc2c1NC1C2CC3CC1CC(O)(C3)C2. The van der Waals surface area contributed by atoms with Crippen molar-refractivity contribution in [1.29, 1.82) is 0 Å². The van der Waals surface area contributed by atoms with E-state index in [0.717, 1.165) is 47.6 Å². The maximum Gasteiger partial charge on any atom is 0.328 e. The smallest absolute Gasteiger partial charge is 0.328 e. The van der Waals surface area contributed by atoms with Gasteiger partial charge in [-0.3, -0.25) is 0 Å². The number of nitrogens with zero attached hydrogens (tertiary/aromatic N) is 1. The van der Waals surface area contributed by atoms with Gasteiger partial charge in [0.15, 0.2) is 0 Å². The van der Waals surface area contributed by atoms with E-state index in [2.05, 4.69) is 15.3 Å². The number of fused-ring (bicyclic) bond motifs is 1. The van der Waals surface area contributed by atoms with Crippen LogP contribution < -0.4 is 5.32 Å². The van der Waals surface area contributed by atoms with Crippen molar-refractivity contribution >= 4 is 28.8 Å². The molecule has 136 valence electrons. The van der Waals surface area contributed by atoms with Crippen molar-refractivity contribution in [2.45, 2.75) is 43.7 Å². The molecule has 6 heteroatoms. The Morgan fingerprint density at radius 1 is 1.31 bits per heavy atom. The number of carboxylic acids is 1. The molecule has 4 aliphatic rings. The molecule has 0 aliphatic heterocycles. The van der Waals surface area contributed by atoms with Crippen LogP contribution in [-0.2, 0) is 4.79 Å². The zero-order valence-electron chi connectivity index (χ0n) is 14.5. The molecule has 2 atom stereocenters. The lowest BCUT2D eigenvalue weighted by atomic mass is 9.52. The van der Waals surface area contributed by atoms with Gasteiger partial charge in [0.05, 0.1) is 11.3 Å². The van der Waals surface area contributed by atoms with E-state index in [1.54, 1.807) is 12.3 Å². The summed E-state index contributed by atoms with van der Waals surface area (Å²) in [5.41, 5.74) is 2.06. The minimum atomic E-state index is -0.970. The van der Waals surface area contributed by atoms with E-state index < -0.39 is 11.6 Å². The summed E-state index contributed by atoms with van der Waals surface area (Å²) in [6, 6.07) is 2.30. The minimum Gasteiger partial charge on any atom is -0.478 e. The van der Waals surface area contributed by atoms with E-state index in [1.165, 1.54) is 12.8 Å². The lowest BCUT2D eigenvalue weighted by Gasteiger charge is -2.58. The van der Waals surface area contributed by atoms with Gasteiger partial charge in [-0.25, -0.2) is 9.78 Å². The van der Waals surface area contributed by atoms with Crippen molar-refractivity contribution in [2.24, 2.45) is 17.8 Å². The number of aliphatic carboxylic acids is 1. The quantitative estimate of drug-likeness (QED) is 0.634. The zero-order chi connectivity index (χ0) is 17.9. The van der Waals surface area contributed by atoms with Gasteiger partial charge in [0.1, 0.15) is 5.65 Å². The molecule has 2 aromatic rings. The number of H-pyrrole nitrogens is 1. The third-order valence-electron chi connectivity index (χ3n) is 6.57. The van der Waals surface area contributed by atoms with Gasteiger partial charge in [0, 0.05) is 35.5 Å². The maximum absolute atomic E-state index is 11.0. The molecule has 4 saturated carbocycles. The summed E-state index contributed by atoms with van der Waals surface area (Å²) < 4.78 is 0. The molecule has 4 fully saturated rings. The summed E-state index contributed by atoms with van der Waals surface area (Å²) in [6.07, 6.45) is 11.4. The van der Waals surface area contributed by atoms with Crippen molar-refractivity contribution < 1.29 is 15.0 Å². The van der Waals surface area contributed by atoms with Crippen LogP contribution in [0.25, 0.3) is 17.1 Å². The Kier molecular flexibility index (Phi) is 3.41. The highest BCUT2D eigenvalue weighted by atomic mass is 16.4. The third kappa shape index (κ3) is 2.51. The number of hydrogen-bond donors (Lipinski definition) is 4. The number of aromatic amines is 1. The fourth-order valence-corrected chi connectivity index (χ4v) is 5.86. The number of aromatic nitrogens is 2. The fraction of sp³-hybridized carbons (Fsp3) is 0.500. The monoisotopic (exact) mass is 353 g/mol. The Morgan fingerprint density at radius 3 is 2.77 bits per heavy atom. The van der Waals surface area contributed by atoms with E-state index in [0.29, 0.717) is 23.8 Å². The maximum atomic E-state index is 11.0. The summed E-state index contributed by atoms with van der Waals surface area (Å²) in [4.78, 5) is 18.5. The number of nitrogens with one attached hydrogen (secondary N) is 2. The molecule has 0 spiro atoms. The number of hydrogen-bond acceptors (Lipinski definition) is 4. The van der Waals surface area contributed by atoms with Crippen LogP contribution in [-0.4, -0.2) is 37.8 Å². The molecule has 2 unspecified atom stereocenters. The van der Waals surface area contributed by atoms with Gasteiger partial charge < -0.3 is 20.5 Å². The van der Waals surface area contributed by atoms with E-state index in [-0.39, 0.29) is 0 Å². The van der Waals surface area contributed by atoms with Gasteiger partial charge in [0.25, 0.3) is 0 Å². The first kappa shape index (κ1) is 15.9. The molecule has 4 bridgehead atoms. The Balaban J connectivity index is 1.52. The molecule has 4 aliphatic carbocycles. The van der Waals surface area contributed by atoms with Crippen molar-refractivity contribution in [1.82, 2.24) is 9.97 Å². The molecule has 26 heavy (non-hydrogen) atoms. The molecule has 6 nitrogen and oxygen atoms in total. The third-order valence-corrected chi connectivity index (χ3v) is 6.57. The van der Waals surface area contributed by atoms with Gasteiger partial charge in [-0.15, -0.1) is 0 Å². The molecule has 0 saturated heterocycles. The van der Waals surface area contributed by atoms with E-state index in [4.69, 9.17) is 5.11 Å². The predicted molar refractivity (Wildman–Crippen MR) is 98.7 cm³/mol. The first-order valence-corrected chi connectivity index (χ1v) is 9.37. The Bertz CT molecular complexity index is 887. The second-order valence-electron chi connectivity index (χ2n) is 8.36. The summed E-state index contributed by atoms with van der Waals surface area (Å²) in [5, 5.41) is 24.5.